The van der Waals surface area contributed by atoms with Crippen molar-refractivity contribution in [2.45, 2.75) is 56.6 Å². The van der Waals surface area contributed by atoms with Gasteiger partial charge in [-0.25, -0.2) is 0 Å². The average molecular weight is 259 g/mol. The molecule has 0 bridgehead atoms. The Hall–Kier alpha value is -0.690. The zero-order chi connectivity index (χ0) is 13.3. The minimum Gasteiger partial charge on any atom is -0.394 e. The quantitative estimate of drug-likeness (QED) is 0.554. The summed E-state index contributed by atoms with van der Waals surface area (Å²) in [6.07, 6.45) is -0.803. The highest BCUT2D eigenvalue weighted by molar-refractivity contribution is 5.73. The molecule has 5 atom stereocenters. The van der Waals surface area contributed by atoms with Gasteiger partial charge in [0.25, 0.3) is 0 Å². The molecule has 1 amide bonds. The van der Waals surface area contributed by atoms with E-state index in [-0.39, 0.29) is 18.6 Å². The summed E-state index contributed by atoms with van der Waals surface area (Å²) in [6.45, 7) is 1.70. The molecule has 18 heavy (non-hydrogen) atoms. The van der Waals surface area contributed by atoms with Crippen LogP contribution in [0.5, 0.6) is 0 Å². The molecule has 0 aromatic heterocycles. The summed E-state index contributed by atoms with van der Waals surface area (Å²) in [5.41, 5.74) is 0. The third kappa shape index (κ3) is 2.38. The molecule has 3 N–H and O–H groups in total. The molecule has 2 heterocycles. The van der Waals surface area contributed by atoms with E-state index >= 15 is 0 Å². The molecule has 2 aliphatic heterocycles. The van der Waals surface area contributed by atoms with E-state index < -0.39 is 24.4 Å². The lowest BCUT2D eigenvalue weighted by atomic mass is 9.90. The molecule has 104 valence electrons. The highest BCUT2D eigenvalue weighted by Crippen LogP contribution is 2.30. The molecule has 6 heteroatoms. The predicted octanol–water partition coefficient (Wildman–Crippen LogP) is -1.13. The van der Waals surface area contributed by atoms with E-state index in [0.717, 1.165) is 19.3 Å². The molecule has 1 unspecified atom stereocenters. The molecule has 6 nitrogen and oxygen atoms in total. The largest absolute Gasteiger partial charge is 0.394 e. The molecule has 0 aliphatic carbocycles. The number of ether oxygens (including phenoxy) is 1. The van der Waals surface area contributed by atoms with E-state index in [1.54, 1.807) is 4.90 Å². The van der Waals surface area contributed by atoms with Crippen LogP contribution in [0.3, 0.4) is 0 Å². The molecule has 0 aromatic carbocycles. The van der Waals surface area contributed by atoms with Crippen molar-refractivity contribution in [3.63, 3.8) is 0 Å². The summed E-state index contributed by atoms with van der Waals surface area (Å²) in [5.74, 6) is -0.121. The highest BCUT2D eigenvalue weighted by atomic mass is 16.5. The van der Waals surface area contributed by atoms with E-state index in [1.165, 1.54) is 6.92 Å². The number of carbonyl (C=O) groups is 1. The normalized spacial score (nSPS) is 41.1. The number of hydrogen-bond donors (Lipinski definition) is 3. The van der Waals surface area contributed by atoms with Crippen molar-refractivity contribution in [2.75, 3.05) is 13.2 Å². The Kier molecular flexibility index (Phi) is 4.21. The summed E-state index contributed by atoms with van der Waals surface area (Å²) in [7, 11) is 0. The Balaban J connectivity index is 2.23. The van der Waals surface area contributed by atoms with Crippen LogP contribution in [0, 0.1) is 0 Å². The Bertz CT molecular complexity index is 311. The standard InChI is InChI=1S/C12H21NO5/c1-7(15)13-5-3-2-4-8-10(13)12(17)11(16)9(6-14)18-8/h8-12,14,16-17H,2-6H2,1H3/t8?,9-,10+,11+,12-/m1/s1. The maximum atomic E-state index is 11.6. The van der Waals surface area contributed by atoms with Gasteiger partial charge in [0.05, 0.1) is 18.8 Å². The van der Waals surface area contributed by atoms with E-state index in [4.69, 9.17) is 9.84 Å². The molecule has 0 radical (unpaired) electrons. The smallest absolute Gasteiger partial charge is 0.219 e. The minimum atomic E-state index is -1.16. The zero-order valence-electron chi connectivity index (χ0n) is 10.5. The van der Waals surface area contributed by atoms with Gasteiger partial charge in [0, 0.05) is 13.5 Å². The molecule has 2 fully saturated rings. The van der Waals surface area contributed by atoms with Gasteiger partial charge in [0.15, 0.2) is 0 Å². The van der Waals surface area contributed by atoms with Crippen molar-refractivity contribution >= 4 is 5.91 Å². The molecule has 0 aromatic rings. The van der Waals surface area contributed by atoms with Crippen LogP contribution in [-0.4, -0.2) is 69.7 Å². The van der Waals surface area contributed by atoms with Crippen LogP contribution in [-0.2, 0) is 9.53 Å². The maximum absolute atomic E-state index is 11.6. The van der Waals surface area contributed by atoms with Crippen molar-refractivity contribution in [2.24, 2.45) is 0 Å². The highest BCUT2D eigenvalue weighted by Gasteiger charge is 2.47. The monoisotopic (exact) mass is 259 g/mol. The van der Waals surface area contributed by atoms with Crippen molar-refractivity contribution in [1.29, 1.82) is 0 Å². The lowest BCUT2D eigenvalue weighted by Crippen LogP contribution is -2.64. The molecular formula is C12H21NO5. The molecule has 2 rings (SSSR count). The van der Waals surface area contributed by atoms with Crippen LogP contribution in [0.1, 0.15) is 26.2 Å². The Morgan fingerprint density at radius 1 is 1.33 bits per heavy atom. The molecule has 2 aliphatic rings. The summed E-state index contributed by atoms with van der Waals surface area (Å²) >= 11 is 0. The topological polar surface area (TPSA) is 90.2 Å². The molecule has 2 saturated heterocycles. The second-order valence-electron chi connectivity index (χ2n) is 5.08. The fraction of sp³-hybridized carbons (Fsp3) is 0.917. The fourth-order valence-electron chi connectivity index (χ4n) is 2.95. The predicted molar refractivity (Wildman–Crippen MR) is 62.8 cm³/mol. The third-order valence-corrected chi connectivity index (χ3v) is 3.89. The maximum Gasteiger partial charge on any atom is 0.219 e. The van der Waals surface area contributed by atoms with Crippen LogP contribution in [0.4, 0.5) is 0 Å². The number of nitrogens with zero attached hydrogens (tertiary/aromatic N) is 1. The third-order valence-electron chi connectivity index (χ3n) is 3.89. The van der Waals surface area contributed by atoms with Gasteiger partial charge in [0.2, 0.25) is 5.91 Å². The van der Waals surface area contributed by atoms with E-state index in [0.29, 0.717) is 6.54 Å². The first-order valence-corrected chi connectivity index (χ1v) is 6.46. The van der Waals surface area contributed by atoms with Crippen LogP contribution in [0.2, 0.25) is 0 Å². The van der Waals surface area contributed by atoms with Crippen LogP contribution in [0.15, 0.2) is 0 Å². The van der Waals surface area contributed by atoms with E-state index in [1.807, 2.05) is 0 Å². The number of likely N-dealkylation sites (tertiary alicyclic amines) is 1. The van der Waals surface area contributed by atoms with Gasteiger partial charge in [-0.1, -0.05) is 0 Å². The Morgan fingerprint density at radius 3 is 2.67 bits per heavy atom. The first-order chi connectivity index (χ1) is 8.56. The second kappa shape index (κ2) is 5.52. The first kappa shape index (κ1) is 13.7. The number of rotatable bonds is 1. The van der Waals surface area contributed by atoms with Crippen LogP contribution in [0.25, 0.3) is 0 Å². The average Bonchev–Trinajstić information content (AvgIpc) is 2.55. The summed E-state index contributed by atoms with van der Waals surface area (Å²) in [5, 5.41) is 29.2. The Labute approximate surface area is 106 Å². The Morgan fingerprint density at radius 2 is 2.06 bits per heavy atom. The lowest BCUT2D eigenvalue weighted by molar-refractivity contribution is -0.212. The van der Waals surface area contributed by atoms with Gasteiger partial charge in [0.1, 0.15) is 18.3 Å². The SMILES string of the molecule is CC(=O)N1CCCCC2O[C@H](CO)[C@H](O)[C@H](O)[C@H]21. The van der Waals surface area contributed by atoms with Gasteiger partial charge >= 0.3 is 0 Å². The van der Waals surface area contributed by atoms with Gasteiger partial charge in [-0.05, 0) is 19.3 Å². The number of hydrogen-bond acceptors (Lipinski definition) is 5. The van der Waals surface area contributed by atoms with Crippen LogP contribution < -0.4 is 0 Å². The van der Waals surface area contributed by atoms with Gasteiger partial charge in [-0.3, -0.25) is 4.79 Å². The second-order valence-corrected chi connectivity index (χ2v) is 5.08. The molecule has 0 spiro atoms. The number of fused-ring (bicyclic) bond motifs is 1. The van der Waals surface area contributed by atoms with E-state index in [9.17, 15) is 15.0 Å². The van der Waals surface area contributed by atoms with Gasteiger partial charge in [-0.2, -0.15) is 0 Å². The number of amides is 1. The zero-order valence-corrected chi connectivity index (χ0v) is 10.5. The molecule has 0 saturated carbocycles. The molecular weight excluding hydrogens is 238 g/mol. The van der Waals surface area contributed by atoms with Crippen molar-refractivity contribution in [1.82, 2.24) is 4.90 Å². The summed E-state index contributed by atoms with van der Waals surface area (Å²) in [4.78, 5) is 13.2. The van der Waals surface area contributed by atoms with Crippen LogP contribution >= 0.6 is 0 Å². The number of aliphatic hydroxyl groups excluding tert-OH is 3. The van der Waals surface area contributed by atoms with Crippen molar-refractivity contribution in [3.8, 4) is 0 Å². The summed E-state index contributed by atoms with van der Waals surface area (Å²) in [6, 6.07) is -0.511. The number of aliphatic hydroxyl groups is 3. The lowest BCUT2D eigenvalue weighted by Gasteiger charge is -2.45. The van der Waals surface area contributed by atoms with Gasteiger partial charge in [-0.15, -0.1) is 0 Å². The van der Waals surface area contributed by atoms with Gasteiger partial charge < -0.3 is 25.0 Å². The minimum absolute atomic E-state index is 0.121. The van der Waals surface area contributed by atoms with Crippen molar-refractivity contribution < 1.29 is 24.9 Å². The van der Waals surface area contributed by atoms with Crippen molar-refractivity contribution in [3.05, 3.63) is 0 Å². The first-order valence-electron chi connectivity index (χ1n) is 6.46. The fourth-order valence-corrected chi connectivity index (χ4v) is 2.95. The van der Waals surface area contributed by atoms with E-state index in [2.05, 4.69) is 0 Å². The number of carbonyl (C=O) groups excluding carboxylic acids is 1. The summed E-state index contributed by atoms with van der Waals surface area (Å²) < 4.78 is 5.63.